The SMILES string of the molecule is CN=C(NCC1CCCOC1C(C)(C)C)NC1CC1c1ccccc1F.I. The van der Waals surface area contributed by atoms with E-state index < -0.39 is 0 Å². The highest BCUT2D eigenvalue weighted by Crippen LogP contribution is 2.41. The van der Waals surface area contributed by atoms with E-state index in [2.05, 4.69) is 36.4 Å². The van der Waals surface area contributed by atoms with E-state index >= 15 is 0 Å². The highest BCUT2D eigenvalue weighted by Gasteiger charge is 2.41. The van der Waals surface area contributed by atoms with Gasteiger partial charge in [-0.3, -0.25) is 4.99 Å². The Hall–Kier alpha value is -0.890. The average Bonchev–Trinajstić information content (AvgIpc) is 3.37. The topological polar surface area (TPSA) is 45.7 Å². The van der Waals surface area contributed by atoms with Crippen LogP contribution in [0.5, 0.6) is 0 Å². The van der Waals surface area contributed by atoms with Crippen molar-refractivity contribution in [1.29, 1.82) is 0 Å². The summed E-state index contributed by atoms with van der Waals surface area (Å²) in [4.78, 5) is 4.35. The lowest BCUT2D eigenvalue weighted by molar-refractivity contribution is -0.0835. The van der Waals surface area contributed by atoms with Crippen molar-refractivity contribution < 1.29 is 9.13 Å². The smallest absolute Gasteiger partial charge is 0.191 e. The summed E-state index contributed by atoms with van der Waals surface area (Å²) in [6.45, 7) is 8.43. The Labute approximate surface area is 179 Å². The Balaban J connectivity index is 0.00000261. The first-order valence-corrected chi connectivity index (χ1v) is 9.73. The molecule has 1 aliphatic heterocycles. The van der Waals surface area contributed by atoms with Crippen molar-refractivity contribution in [2.75, 3.05) is 20.2 Å². The van der Waals surface area contributed by atoms with E-state index in [1.807, 2.05) is 12.1 Å². The molecule has 27 heavy (non-hydrogen) atoms. The second-order valence-electron chi connectivity index (χ2n) is 8.63. The van der Waals surface area contributed by atoms with Crippen molar-refractivity contribution in [2.24, 2.45) is 16.3 Å². The van der Waals surface area contributed by atoms with Crippen LogP contribution in [-0.4, -0.2) is 38.3 Å². The summed E-state index contributed by atoms with van der Waals surface area (Å²) in [5.41, 5.74) is 0.935. The molecule has 0 spiro atoms. The third-order valence-electron chi connectivity index (χ3n) is 5.47. The minimum atomic E-state index is -0.114. The normalized spacial score (nSPS) is 28.3. The lowest BCUT2D eigenvalue weighted by Gasteiger charge is -2.40. The summed E-state index contributed by atoms with van der Waals surface area (Å²) < 4.78 is 20.0. The van der Waals surface area contributed by atoms with E-state index in [9.17, 15) is 4.39 Å². The maximum atomic E-state index is 13.9. The van der Waals surface area contributed by atoms with E-state index in [1.165, 1.54) is 12.5 Å². The molecule has 2 fully saturated rings. The minimum absolute atomic E-state index is 0. The number of benzene rings is 1. The predicted molar refractivity (Wildman–Crippen MR) is 119 cm³/mol. The van der Waals surface area contributed by atoms with E-state index in [0.29, 0.717) is 5.92 Å². The Bertz CT molecular complexity index is 647. The molecule has 3 rings (SSSR count). The van der Waals surface area contributed by atoms with Crippen LogP contribution in [0.25, 0.3) is 0 Å². The number of hydrogen-bond donors (Lipinski definition) is 2. The molecule has 6 heteroatoms. The van der Waals surface area contributed by atoms with Crippen molar-refractivity contribution in [3.8, 4) is 0 Å². The predicted octanol–water partition coefficient (Wildman–Crippen LogP) is 4.31. The van der Waals surface area contributed by atoms with Crippen molar-refractivity contribution in [1.82, 2.24) is 10.6 Å². The van der Waals surface area contributed by atoms with Gasteiger partial charge >= 0.3 is 0 Å². The van der Waals surface area contributed by atoms with Crippen LogP contribution < -0.4 is 10.6 Å². The molecule has 2 aliphatic rings. The fraction of sp³-hybridized carbons (Fsp3) is 0.667. The number of nitrogens with one attached hydrogen (secondary N) is 2. The molecule has 4 unspecified atom stereocenters. The van der Waals surface area contributed by atoms with E-state index in [-0.39, 0.29) is 53.3 Å². The molecule has 1 saturated heterocycles. The van der Waals surface area contributed by atoms with Gasteiger partial charge in [0.25, 0.3) is 0 Å². The first-order valence-electron chi connectivity index (χ1n) is 9.73. The Morgan fingerprint density at radius 3 is 2.70 bits per heavy atom. The summed E-state index contributed by atoms with van der Waals surface area (Å²) in [7, 11) is 1.79. The monoisotopic (exact) mass is 489 g/mol. The first-order chi connectivity index (χ1) is 12.4. The standard InChI is InChI=1S/C21H32FN3O.HI/c1-21(2,3)19-14(8-7-11-26-19)13-24-20(23-4)25-18-12-16(18)15-9-5-6-10-17(15)22;/h5-6,9-10,14,16,18-19H,7-8,11-13H2,1-4H3,(H2,23,24,25);1H. The van der Waals surface area contributed by atoms with Gasteiger partial charge in [-0.25, -0.2) is 4.39 Å². The van der Waals surface area contributed by atoms with Gasteiger partial charge in [-0.15, -0.1) is 24.0 Å². The maximum Gasteiger partial charge on any atom is 0.191 e. The second kappa shape index (κ2) is 9.54. The number of nitrogens with zero attached hydrogens (tertiary/aromatic N) is 1. The fourth-order valence-electron chi connectivity index (χ4n) is 4.08. The highest BCUT2D eigenvalue weighted by atomic mass is 127. The van der Waals surface area contributed by atoms with Gasteiger partial charge in [0.15, 0.2) is 5.96 Å². The Kier molecular flexibility index (Phi) is 7.92. The van der Waals surface area contributed by atoms with Crippen LogP contribution in [0.15, 0.2) is 29.3 Å². The van der Waals surface area contributed by atoms with Gasteiger partial charge in [-0.05, 0) is 36.3 Å². The van der Waals surface area contributed by atoms with Crippen LogP contribution in [0.3, 0.4) is 0 Å². The highest BCUT2D eigenvalue weighted by molar-refractivity contribution is 14.0. The lowest BCUT2D eigenvalue weighted by Crippen LogP contribution is -2.48. The van der Waals surface area contributed by atoms with Gasteiger partial charge in [-0.1, -0.05) is 39.0 Å². The molecule has 1 aliphatic carbocycles. The molecule has 4 atom stereocenters. The maximum absolute atomic E-state index is 13.9. The molecule has 2 N–H and O–H groups in total. The van der Waals surface area contributed by atoms with Crippen LogP contribution in [0.2, 0.25) is 0 Å². The third kappa shape index (κ3) is 5.79. The average molecular weight is 489 g/mol. The van der Waals surface area contributed by atoms with Crippen molar-refractivity contribution in [2.45, 2.75) is 58.1 Å². The van der Waals surface area contributed by atoms with E-state index in [4.69, 9.17) is 4.74 Å². The summed E-state index contributed by atoms with van der Waals surface area (Å²) in [5, 5.41) is 6.91. The fourth-order valence-corrected chi connectivity index (χ4v) is 4.08. The number of ether oxygens (including phenoxy) is 1. The molecule has 1 aromatic rings. The molecular weight excluding hydrogens is 456 g/mol. The number of hydrogen-bond acceptors (Lipinski definition) is 2. The third-order valence-corrected chi connectivity index (χ3v) is 5.47. The summed E-state index contributed by atoms with van der Waals surface area (Å²) in [6.07, 6.45) is 3.49. The molecule has 0 amide bonds. The van der Waals surface area contributed by atoms with E-state index in [0.717, 1.165) is 37.5 Å². The molecule has 0 radical (unpaired) electrons. The number of halogens is 2. The van der Waals surface area contributed by atoms with Gasteiger partial charge in [0.2, 0.25) is 0 Å². The number of rotatable bonds is 4. The summed E-state index contributed by atoms with van der Waals surface area (Å²) >= 11 is 0. The van der Waals surface area contributed by atoms with Gasteiger partial charge in [0.1, 0.15) is 5.82 Å². The molecule has 1 aromatic carbocycles. The molecule has 152 valence electrons. The molecular formula is C21H33FIN3O. The Morgan fingerprint density at radius 2 is 2.04 bits per heavy atom. The Morgan fingerprint density at radius 1 is 1.30 bits per heavy atom. The summed E-state index contributed by atoms with van der Waals surface area (Å²) in [6, 6.07) is 7.30. The van der Waals surface area contributed by atoms with Crippen molar-refractivity contribution in [3.63, 3.8) is 0 Å². The van der Waals surface area contributed by atoms with Crippen LogP contribution >= 0.6 is 24.0 Å². The molecule has 4 nitrogen and oxygen atoms in total. The zero-order valence-corrected chi connectivity index (χ0v) is 19.1. The first kappa shape index (κ1) is 22.4. The molecule has 1 saturated carbocycles. The van der Waals surface area contributed by atoms with Gasteiger partial charge < -0.3 is 15.4 Å². The second-order valence-corrected chi connectivity index (χ2v) is 8.63. The number of aliphatic imine (C=N–C) groups is 1. The van der Waals surface area contributed by atoms with E-state index in [1.54, 1.807) is 13.1 Å². The van der Waals surface area contributed by atoms with Crippen LogP contribution in [0, 0.1) is 17.2 Å². The minimum Gasteiger partial charge on any atom is -0.377 e. The quantitative estimate of drug-likeness (QED) is 0.377. The largest absolute Gasteiger partial charge is 0.377 e. The molecule has 0 bridgehead atoms. The van der Waals surface area contributed by atoms with Crippen molar-refractivity contribution in [3.05, 3.63) is 35.6 Å². The van der Waals surface area contributed by atoms with Crippen molar-refractivity contribution >= 4 is 29.9 Å². The van der Waals surface area contributed by atoms with Crippen LogP contribution in [0.4, 0.5) is 4.39 Å². The van der Waals surface area contributed by atoms with Gasteiger partial charge in [-0.2, -0.15) is 0 Å². The van der Waals surface area contributed by atoms with Gasteiger partial charge in [0, 0.05) is 38.1 Å². The molecule has 0 aromatic heterocycles. The lowest BCUT2D eigenvalue weighted by atomic mass is 9.78. The van der Waals surface area contributed by atoms with Crippen LogP contribution in [0.1, 0.15) is 51.5 Å². The molecule has 1 heterocycles. The summed E-state index contributed by atoms with van der Waals surface area (Å²) in [5.74, 6) is 1.39. The van der Waals surface area contributed by atoms with Crippen LogP contribution in [-0.2, 0) is 4.74 Å². The number of guanidine groups is 1. The zero-order chi connectivity index (χ0) is 18.7. The van der Waals surface area contributed by atoms with Gasteiger partial charge in [0.05, 0.1) is 6.10 Å². The zero-order valence-electron chi connectivity index (χ0n) is 16.8.